The van der Waals surface area contributed by atoms with Crippen LogP contribution in [0.1, 0.15) is 16.5 Å². The molecule has 1 heterocycles. The number of rotatable bonds is 4. The fourth-order valence-corrected chi connectivity index (χ4v) is 2.48. The van der Waals surface area contributed by atoms with Crippen LogP contribution in [0.3, 0.4) is 0 Å². The van der Waals surface area contributed by atoms with Crippen LogP contribution in [0, 0.1) is 0 Å². The minimum Gasteiger partial charge on any atom is -0.211 e. The summed E-state index contributed by atoms with van der Waals surface area (Å²) in [6.07, 6.45) is 2.36. The summed E-state index contributed by atoms with van der Waals surface area (Å²) in [6.45, 7) is 0. The second kappa shape index (κ2) is 5.78. The molecular weight excluding hydrogens is 254 g/mol. The van der Waals surface area contributed by atoms with Gasteiger partial charge in [-0.15, -0.1) is 11.3 Å². The first kappa shape index (κ1) is 12.1. The van der Waals surface area contributed by atoms with Gasteiger partial charge in [0, 0.05) is 16.3 Å². The SMILES string of the molecule is O=C=NC(Cc1cccs1)c1ccc(Cl)cc1. The molecule has 1 aromatic carbocycles. The van der Waals surface area contributed by atoms with Gasteiger partial charge >= 0.3 is 0 Å². The lowest BCUT2D eigenvalue weighted by Crippen LogP contribution is -1.98. The molecule has 0 bridgehead atoms. The molecule has 2 aromatic rings. The van der Waals surface area contributed by atoms with E-state index in [1.54, 1.807) is 29.5 Å². The number of benzene rings is 1. The van der Waals surface area contributed by atoms with Gasteiger partial charge in [-0.25, -0.2) is 4.79 Å². The van der Waals surface area contributed by atoms with Crippen LogP contribution < -0.4 is 0 Å². The van der Waals surface area contributed by atoms with E-state index in [-0.39, 0.29) is 6.04 Å². The van der Waals surface area contributed by atoms with E-state index in [4.69, 9.17) is 11.6 Å². The van der Waals surface area contributed by atoms with Crippen LogP contribution in [0.4, 0.5) is 0 Å². The standard InChI is InChI=1S/C13H10ClNOS/c14-11-5-3-10(4-6-11)13(15-9-16)8-12-2-1-7-17-12/h1-7,13H,8H2. The Hall–Kier alpha value is -1.41. The van der Waals surface area contributed by atoms with Crippen molar-refractivity contribution >= 4 is 29.0 Å². The van der Waals surface area contributed by atoms with E-state index in [0.29, 0.717) is 11.4 Å². The van der Waals surface area contributed by atoms with Crippen molar-refractivity contribution in [3.8, 4) is 0 Å². The number of aliphatic imine (C=N–C) groups is 1. The lowest BCUT2D eigenvalue weighted by Gasteiger charge is -2.09. The Morgan fingerprint density at radius 1 is 1.29 bits per heavy atom. The molecule has 0 aliphatic heterocycles. The van der Waals surface area contributed by atoms with E-state index in [0.717, 1.165) is 5.56 Å². The summed E-state index contributed by atoms with van der Waals surface area (Å²) < 4.78 is 0. The number of carbonyl (C=O) groups excluding carboxylic acids is 1. The van der Waals surface area contributed by atoms with Crippen LogP contribution in [0.2, 0.25) is 5.02 Å². The predicted molar refractivity (Wildman–Crippen MR) is 70.3 cm³/mol. The summed E-state index contributed by atoms with van der Waals surface area (Å²) in [5.41, 5.74) is 0.978. The van der Waals surface area contributed by atoms with Gasteiger partial charge in [0.15, 0.2) is 0 Å². The third-order valence-electron chi connectivity index (χ3n) is 2.44. The zero-order chi connectivity index (χ0) is 12.1. The number of hydrogen-bond donors (Lipinski definition) is 0. The van der Waals surface area contributed by atoms with E-state index in [1.165, 1.54) is 4.88 Å². The quantitative estimate of drug-likeness (QED) is 0.605. The van der Waals surface area contributed by atoms with E-state index in [9.17, 15) is 4.79 Å². The van der Waals surface area contributed by atoms with Crippen LogP contribution in [0.5, 0.6) is 0 Å². The molecule has 1 aromatic heterocycles. The molecule has 86 valence electrons. The molecule has 0 aliphatic rings. The first-order valence-electron chi connectivity index (χ1n) is 5.14. The molecule has 2 nitrogen and oxygen atoms in total. The Morgan fingerprint density at radius 2 is 2.06 bits per heavy atom. The minimum atomic E-state index is -0.177. The Bertz CT molecular complexity index is 515. The van der Waals surface area contributed by atoms with E-state index < -0.39 is 0 Å². The number of nitrogens with zero attached hydrogens (tertiary/aromatic N) is 1. The highest BCUT2D eigenvalue weighted by molar-refractivity contribution is 7.09. The highest BCUT2D eigenvalue weighted by Gasteiger charge is 2.11. The zero-order valence-electron chi connectivity index (χ0n) is 8.97. The molecule has 0 radical (unpaired) electrons. The average molecular weight is 264 g/mol. The van der Waals surface area contributed by atoms with Gasteiger partial charge in [0.2, 0.25) is 6.08 Å². The molecule has 1 unspecified atom stereocenters. The molecule has 0 saturated heterocycles. The van der Waals surface area contributed by atoms with Gasteiger partial charge in [-0.3, -0.25) is 0 Å². The summed E-state index contributed by atoms with van der Waals surface area (Å²) in [5, 5.41) is 2.69. The molecule has 0 N–H and O–H groups in total. The second-order valence-electron chi connectivity index (χ2n) is 3.57. The predicted octanol–water partition coefficient (Wildman–Crippen LogP) is 4.02. The number of halogens is 1. The number of thiophene rings is 1. The van der Waals surface area contributed by atoms with Crippen molar-refractivity contribution in [2.24, 2.45) is 4.99 Å². The molecule has 17 heavy (non-hydrogen) atoms. The van der Waals surface area contributed by atoms with Crippen molar-refractivity contribution in [3.63, 3.8) is 0 Å². The third-order valence-corrected chi connectivity index (χ3v) is 3.59. The van der Waals surface area contributed by atoms with E-state index in [2.05, 4.69) is 4.99 Å². The number of hydrogen-bond acceptors (Lipinski definition) is 3. The van der Waals surface area contributed by atoms with Gasteiger partial charge in [-0.1, -0.05) is 29.8 Å². The van der Waals surface area contributed by atoms with Gasteiger partial charge in [-0.2, -0.15) is 4.99 Å². The fraction of sp³-hybridized carbons (Fsp3) is 0.154. The third kappa shape index (κ3) is 3.27. The lowest BCUT2D eigenvalue weighted by atomic mass is 10.0. The minimum absolute atomic E-state index is 0.177. The lowest BCUT2D eigenvalue weighted by molar-refractivity contribution is 0.557. The first-order valence-corrected chi connectivity index (χ1v) is 6.40. The Labute approximate surface area is 109 Å². The smallest absolute Gasteiger partial charge is 0.211 e. The van der Waals surface area contributed by atoms with E-state index in [1.807, 2.05) is 29.6 Å². The summed E-state index contributed by atoms with van der Waals surface area (Å²) in [6, 6.07) is 11.2. The molecule has 0 spiro atoms. The summed E-state index contributed by atoms with van der Waals surface area (Å²) in [5.74, 6) is 0. The first-order chi connectivity index (χ1) is 8.29. The molecule has 0 amide bonds. The Kier molecular flexibility index (Phi) is 4.10. The highest BCUT2D eigenvalue weighted by Crippen LogP contribution is 2.25. The maximum atomic E-state index is 10.5. The number of isocyanates is 1. The largest absolute Gasteiger partial charge is 0.235 e. The normalized spacial score (nSPS) is 11.8. The van der Waals surface area contributed by atoms with Crippen molar-refractivity contribution in [2.45, 2.75) is 12.5 Å². The summed E-state index contributed by atoms with van der Waals surface area (Å²) in [7, 11) is 0. The van der Waals surface area contributed by atoms with Crippen molar-refractivity contribution in [1.29, 1.82) is 0 Å². The zero-order valence-corrected chi connectivity index (χ0v) is 10.5. The van der Waals surface area contributed by atoms with Crippen LogP contribution >= 0.6 is 22.9 Å². The molecule has 0 saturated carbocycles. The van der Waals surface area contributed by atoms with Gasteiger partial charge in [0.1, 0.15) is 0 Å². The summed E-state index contributed by atoms with van der Waals surface area (Å²) >= 11 is 7.49. The maximum Gasteiger partial charge on any atom is 0.235 e. The molecule has 0 aliphatic carbocycles. The Morgan fingerprint density at radius 3 is 2.65 bits per heavy atom. The van der Waals surface area contributed by atoms with Crippen molar-refractivity contribution in [3.05, 3.63) is 57.2 Å². The molecule has 0 fully saturated rings. The van der Waals surface area contributed by atoms with Crippen LogP contribution in [-0.2, 0) is 11.2 Å². The van der Waals surface area contributed by atoms with Crippen molar-refractivity contribution in [2.75, 3.05) is 0 Å². The van der Waals surface area contributed by atoms with Gasteiger partial charge < -0.3 is 0 Å². The molecule has 4 heteroatoms. The molecule has 2 rings (SSSR count). The van der Waals surface area contributed by atoms with Crippen LogP contribution in [0.25, 0.3) is 0 Å². The maximum absolute atomic E-state index is 10.5. The second-order valence-corrected chi connectivity index (χ2v) is 5.04. The van der Waals surface area contributed by atoms with Gasteiger partial charge in [0.25, 0.3) is 0 Å². The molecule has 1 atom stereocenters. The Balaban J connectivity index is 2.22. The van der Waals surface area contributed by atoms with Crippen molar-refractivity contribution in [1.82, 2.24) is 0 Å². The van der Waals surface area contributed by atoms with Gasteiger partial charge in [-0.05, 0) is 29.1 Å². The van der Waals surface area contributed by atoms with E-state index >= 15 is 0 Å². The highest BCUT2D eigenvalue weighted by atomic mass is 35.5. The van der Waals surface area contributed by atoms with Crippen LogP contribution in [0.15, 0.2) is 46.8 Å². The monoisotopic (exact) mass is 263 g/mol. The topological polar surface area (TPSA) is 29.4 Å². The van der Waals surface area contributed by atoms with Gasteiger partial charge in [0.05, 0.1) is 6.04 Å². The average Bonchev–Trinajstić information content (AvgIpc) is 2.82. The molecular formula is C13H10ClNOS. The van der Waals surface area contributed by atoms with Crippen molar-refractivity contribution < 1.29 is 4.79 Å². The fourth-order valence-electron chi connectivity index (χ4n) is 1.61. The van der Waals surface area contributed by atoms with Crippen LogP contribution in [-0.4, -0.2) is 6.08 Å². The summed E-state index contributed by atoms with van der Waals surface area (Å²) in [4.78, 5) is 15.5.